The van der Waals surface area contributed by atoms with Crippen LogP contribution in [0.4, 0.5) is 5.69 Å². The maximum atomic E-state index is 12.4. The highest BCUT2D eigenvalue weighted by molar-refractivity contribution is 7.98. The number of anilines is 1. The van der Waals surface area contributed by atoms with Crippen LogP contribution in [0.3, 0.4) is 0 Å². The fourth-order valence-electron chi connectivity index (χ4n) is 3.50. The van der Waals surface area contributed by atoms with E-state index in [2.05, 4.69) is 15.5 Å². The second kappa shape index (κ2) is 9.38. The van der Waals surface area contributed by atoms with Crippen molar-refractivity contribution < 1.29 is 14.3 Å². The van der Waals surface area contributed by atoms with Crippen molar-refractivity contribution in [3.63, 3.8) is 0 Å². The monoisotopic (exact) mass is 458 g/mol. The highest BCUT2D eigenvalue weighted by atomic mass is 32.2. The van der Waals surface area contributed by atoms with Crippen molar-refractivity contribution in [2.75, 3.05) is 11.9 Å². The van der Waals surface area contributed by atoms with E-state index in [1.807, 2.05) is 90.5 Å². The summed E-state index contributed by atoms with van der Waals surface area (Å²) < 4.78 is 13.8. The molecule has 4 aromatic rings. The number of rotatable bonds is 6. The second-order valence-electron chi connectivity index (χ2n) is 7.57. The van der Waals surface area contributed by atoms with Crippen LogP contribution in [0.5, 0.6) is 11.5 Å². The number of nitrogens with one attached hydrogen (secondary N) is 1. The number of ether oxygens (including phenoxy) is 2. The number of carbonyl (C=O) groups excluding carboxylic acids is 1. The third-order valence-corrected chi connectivity index (χ3v) is 6.37. The maximum Gasteiger partial charge on any atom is 0.255 e. The van der Waals surface area contributed by atoms with E-state index in [4.69, 9.17) is 9.47 Å². The molecular formula is C25H22N4O3S. The lowest BCUT2D eigenvalue weighted by Gasteiger charge is -2.25. The smallest absolute Gasteiger partial charge is 0.255 e. The highest BCUT2D eigenvalue weighted by Crippen LogP contribution is 2.36. The molecule has 33 heavy (non-hydrogen) atoms. The Morgan fingerprint density at radius 1 is 1.00 bits per heavy atom. The topological polar surface area (TPSA) is 78.3 Å². The molecule has 2 heterocycles. The molecule has 8 heteroatoms. The molecule has 0 spiro atoms. The normalized spacial score (nSPS) is 14.6. The Morgan fingerprint density at radius 2 is 1.73 bits per heavy atom. The molecule has 0 unspecified atom stereocenters. The summed E-state index contributed by atoms with van der Waals surface area (Å²) in [6.45, 7) is 0.389. The summed E-state index contributed by atoms with van der Waals surface area (Å²) in [6.07, 6.45) is -0.311. The van der Waals surface area contributed by atoms with Crippen molar-refractivity contribution >= 4 is 23.4 Å². The summed E-state index contributed by atoms with van der Waals surface area (Å²) in [5.74, 6) is 2.75. The minimum Gasteiger partial charge on any atom is -0.485 e. The van der Waals surface area contributed by atoms with Crippen LogP contribution in [0.1, 0.15) is 27.8 Å². The van der Waals surface area contributed by atoms with Gasteiger partial charge in [0.1, 0.15) is 6.61 Å². The number of hydrogen-bond donors (Lipinski definition) is 1. The summed E-state index contributed by atoms with van der Waals surface area (Å²) >= 11 is 1.58. The highest BCUT2D eigenvalue weighted by Gasteiger charge is 2.27. The van der Waals surface area contributed by atoms with Gasteiger partial charge in [-0.1, -0.05) is 54.2 Å². The first-order valence-corrected chi connectivity index (χ1v) is 11.5. The fraction of sp³-hybridized carbons (Fsp3) is 0.160. The van der Waals surface area contributed by atoms with Crippen LogP contribution in [-0.4, -0.2) is 27.3 Å². The number of para-hydroxylation sites is 3. The van der Waals surface area contributed by atoms with Gasteiger partial charge in [-0.2, -0.15) is 0 Å². The fourth-order valence-corrected chi connectivity index (χ4v) is 4.38. The molecule has 0 saturated heterocycles. The van der Waals surface area contributed by atoms with Gasteiger partial charge in [-0.05, 0) is 42.0 Å². The molecule has 1 amide bonds. The van der Waals surface area contributed by atoms with Crippen molar-refractivity contribution in [2.24, 2.45) is 7.05 Å². The second-order valence-corrected chi connectivity index (χ2v) is 8.51. The quantitative estimate of drug-likeness (QED) is 0.415. The van der Waals surface area contributed by atoms with Crippen molar-refractivity contribution in [1.29, 1.82) is 0 Å². The molecule has 0 fully saturated rings. The van der Waals surface area contributed by atoms with Crippen molar-refractivity contribution in [3.8, 4) is 11.5 Å². The number of aromatic nitrogens is 3. The SMILES string of the molecule is Cn1c(SCc2ccc(C(=O)Nc3ccccc3)cc2)nnc1[C@@H]1COc2ccccc2O1. The number of carbonyl (C=O) groups is 1. The molecule has 1 aliphatic heterocycles. The molecule has 0 aliphatic carbocycles. The van der Waals surface area contributed by atoms with Gasteiger partial charge in [0.2, 0.25) is 0 Å². The van der Waals surface area contributed by atoms with Gasteiger partial charge >= 0.3 is 0 Å². The molecule has 3 aromatic carbocycles. The van der Waals surface area contributed by atoms with Crippen LogP contribution in [0.15, 0.2) is 84.0 Å². The zero-order valence-corrected chi connectivity index (χ0v) is 18.8. The molecule has 0 saturated carbocycles. The summed E-state index contributed by atoms with van der Waals surface area (Å²) in [7, 11) is 1.93. The van der Waals surface area contributed by atoms with Crippen LogP contribution in [0, 0.1) is 0 Å². The minimum atomic E-state index is -0.311. The maximum absolute atomic E-state index is 12.4. The molecule has 1 aliphatic rings. The molecule has 1 N–H and O–H groups in total. The summed E-state index contributed by atoms with van der Waals surface area (Å²) in [4.78, 5) is 12.4. The molecule has 166 valence electrons. The molecule has 1 atom stereocenters. The molecule has 1 aromatic heterocycles. The number of fused-ring (bicyclic) bond motifs is 1. The molecule has 0 bridgehead atoms. The van der Waals surface area contributed by atoms with Gasteiger partial charge in [-0.3, -0.25) is 4.79 Å². The van der Waals surface area contributed by atoms with E-state index >= 15 is 0 Å². The standard InChI is InChI=1S/C25H22N4O3S/c1-29-23(22-15-31-20-9-5-6-10-21(20)32-22)27-28-25(29)33-16-17-11-13-18(14-12-17)24(30)26-19-7-3-2-4-8-19/h2-14,22H,15-16H2,1H3,(H,26,30)/t22-/m0/s1. The number of benzene rings is 3. The minimum absolute atomic E-state index is 0.130. The first-order chi connectivity index (χ1) is 16.2. The van der Waals surface area contributed by atoms with Crippen LogP contribution in [0.25, 0.3) is 0 Å². The lowest BCUT2D eigenvalue weighted by Crippen LogP contribution is -2.24. The zero-order valence-electron chi connectivity index (χ0n) is 18.0. The predicted octanol–water partition coefficient (Wildman–Crippen LogP) is 4.87. The Kier molecular flexibility index (Phi) is 5.99. The zero-order chi connectivity index (χ0) is 22.6. The number of thioether (sulfide) groups is 1. The third-order valence-electron chi connectivity index (χ3n) is 5.28. The van der Waals surface area contributed by atoms with E-state index in [0.29, 0.717) is 23.7 Å². The van der Waals surface area contributed by atoms with Gasteiger partial charge in [0, 0.05) is 24.1 Å². The van der Waals surface area contributed by atoms with E-state index in [1.54, 1.807) is 11.8 Å². The largest absolute Gasteiger partial charge is 0.485 e. The lowest BCUT2D eigenvalue weighted by atomic mass is 10.1. The Labute approximate surface area is 195 Å². The first kappa shape index (κ1) is 21.1. The number of hydrogen-bond acceptors (Lipinski definition) is 6. The number of amides is 1. The van der Waals surface area contributed by atoms with Crippen molar-refractivity contribution in [1.82, 2.24) is 14.8 Å². The van der Waals surface area contributed by atoms with Crippen LogP contribution in [0.2, 0.25) is 0 Å². The van der Waals surface area contributed by atoms with Gasteiger partial charge < -0.3 is 19.4 Å². The number of nitrogens with zero attached hydrogens (tertiary/aromatic N) is 3. The van der Waals surface area contributed by atoms with Gasteiger partial charge in [0.05, 0.1) is 0 Å². The van der Waals surface area contributed by atoms with E-state index in [1.165, 1.54) is 0 Å². The van der Waals surface area contributed by atoms with E-state index in [9.17, 15) is 4.79 Å². The lowest BCUT2D eigenvalue weighted by molar-refractivity contribution is 0.0825. The van der Waals surface area contributed by atoms with Crippen LogP contribution >= 0.6 is 11.8 Å². The molecule has 7 nitrogen and oxygen atoms in total. The molecular weight excluding hydrogens is 436 g/mol. The predicted molar refractivity (Wildman–Crippen MR) is 127 cm³/mol. The van der Waals surface area contributed by atoms with Gasteiger partial charge in [0.15, 0.2) is 28.6 Å². The van der Waals surface area contributed by atoms with E-state index in [0.717, 1.165) is 28.0 Å². The third kappa shape index (κ3) is 4.70. The molecule has 5 rings (SSSR count). The average Bonchev–Trinajstić information content (AvgIpc) is 3.23. The van der Waals surface area contributed by atoms with Crippen LogP contribution < -0.4 is 14.8 Å². The Morgan fingerprint density at radius 3 is 2.52 bits per heavy atom. The van der Waals surface area contributed by atoms with Crippen molar-refractivity contribution in [3.05, 3.63) is 95.8 Å². The van der Waals surface area contributed by atoms with E-state index < -0.39 is 0 Å². The Balaban J connectivity index is 1.20. The van der Waals surface area contributed by atoms with Crippen LogP contribution in [-0.2, 0) is 12.8 Å². The Hall–Kier alpha value is -3.78. The van der Waals surface area contributed by atoms with Gasteiger partial charge in [0.25, 0.3) is 5.91 Å². The Bertz CT molecular complexity index is 1260. The van der Waals surface area contributed by atoms with Gasteiger partial charge in [-0.15, -0.1) is 10.2 Å². The summed E-state index contributed by atoms with van der Waals surface area (Å²) in [5, 5.41) is 12.4. The average molecular weight is 459 g/mol. The summed E-state index contributed by atoms with van der Waals surface area (Å²) in [5.41, 5.74) is 2.48. The van der Waals surface area contributed by atoms with Gasteiger partial charge in [-0.25, -0.2) is 0 Å². The molecule has 0 radical (unpaired) electrons. The van der Waals surface area contributed by atoms with Crippen molar-refractivity contribution in [2.45, 2.75) is 17.0 Å². The summed E-state index contributed by atoms with van der Waals surface area (Å²) in [6, 6.07) is 24.6. The first-order valence-electron chi connectivity index (χ1n) is 10.5. The van der Waals surface area contributed by atoms with E-state index in [-0.39, 0.29) is 12.0 Å².